The fourth-order valence-electron chi connectivity index (χ4n) is 2.05. The summed E-state index contributed by atoms with van der Waals surface area (Å²) in [5.74, 6) is 1.34. The lowest BCUT2D eigenvalue weighted by molar-refractivity contribution is 0.344. The molecular weight excluding hydrogens is 240 g/mol. The van der Waals surface area contributed by atoms with Crippen LogP contribution in [0.3, 0.4) is 0 Å². The van der Waals surface area contributed by atoms with E-state index in [4.69, 9.17) is 10.3 Å². The molecule has 5 heteroatoms. The maximum absolute atomic E-state index is 5.99. The van der Waals surface area contributed by atoms with Gasteiger partial charge in [-0.3, -0.25) is 0 Å². The number of rotatable bonds is 10. The Morgan fingerprint density at radius 1 is 1.16 bits per heavy atom. The molecule has 0 saturated carbocycles. The Hall–Kier alpha value is -0.940. The van der Waals surface area contributed by atoms with Crippen molar-refractivity contribution in [1.82, 2.24) is 15.0 Å². The van der Waals surface area contributed by atoms with Crippen molar-refractivity contribution in [1.29, 1.82) is 0 Å². The van der Waals surface area contributed by atoms with Crippen molar-refractivity contribution in [2.75, 3.05) is 20.6 Å². The minimum Gasteiger partial charge on any atom is -0.339 e. The second kappa shape index (κ2) is 9.04. The quantitative estimate of drug-likeness (QED) is 0.660. The summed E-state index contributed by atoms with van der Waals surface area (Å²) in [4.78, 5) is 6.39. The standard InChI is InChI=1S/C14H28N4O/c1-4-5-6-7-8-9-10-13-16-14(17-19-13)12(15)11-18(2)3/h12H,4-11,15H2,1-3H3. The van der Waals surface area contributed by atoms with Crippen LogP contribution >= 0.6 is 0 Å². The smallest absolute Gasteiger partial charge is 0.226 e. The normalized spacial score (nSPS) is 13.1. The first-order chi connectivity index (χ1) is 9.13. The van der Waals surface area contributed by atoms with Crippen LogP contribution in [0, 0.1) is 0 Å². The minimum atomic E-state index is -0.169. The summed E-state index contributed by atoms with van der Waals surface area (Å²) in [5, 5.41) is 3.96. The molecule has 1 rings (SSSR count). The summed E-state index contributed by atoms with van der Waals surface area (Å²) >= 11 is 0. The first-order valence-electron chi connectivity index (χ1n) is 7.36. The van der Waals surface area contributed by atoms with Gasteiger partial charge in [-0.05, 0) is 20.5 Å². The fraction of sp³-hybridized carbons (Fsp3) is 0.857. The number of nitrogens with two attached hydrogens (primary N) is 1. The third-order valence-electron chi connectivity index (χ3n) is 3.12. The zero-order chi connectivity index (χ0) is 14.1. The van der Waals surface area contributed by atoms with E-state index < -0.39 is 0 Å². The number of unbranched alkanes of at least 4 members (excludes halogenated alkanes) is 5. The van der Waals surface area contributed by atoms with Crippen molar-refractivity contribution in [2.45, 2.75) is 57.9 Å². The second-order valence-electron chi connectivity index (χ2n) is 5.43. The highest BCUT2D eigenvalue weighted by atomic mass is 16.5. The van der Waals surface area contributed by atoms with Crippen LogP contribution in [0.1, 0.15) is 63.2 Å². The van der Waals surface area contributed by atoms with Gasteiger partial charge in [0.25, 0.3) is 0 Å². The summed E-state index contributed by atoms with van der Waals surface area (Å²) in [6.45, 7) is 2.97. The summed E-state index contributed by atoms with van der Waals surface area (Å²) in [6, 6.07) is -0.169. The van der Waals surface area contributed by atoms with Crippen molar-refractivity contribution in [3.63, 3.8) is 0 Å². The molecule has 0 radical (unpaired) electrons. The summed E-state index contributed by atoms with van der Waals surface area (Å²) in [7, 11) is 3.97. The third-order valence-corrected chi connectivity index (χ3v) is 3.12. The molecule has 0 aromatic carbocycles. The number of likely N-dealkylation sites (N-methyl/N-ethyl adjacent to an activating group) is 1. The maximum Gasteiger partial charge on any atom is 0.226 e. The monoisotopic (exact) mass is 268 g/mol. The lowest BCUT2D eigenvalue weighted by Crippen LogP contribution is -2.26. The Bertz CT molecular complexity index is 338. The summed E-state index contributed by atoms with van der Waals surface area (Å²) < 4.78 is 5.24. The van der Waals surface area contributed by atoms with Crippen LogP contribution in [-0.4, -0.2) is 35.7 Å². The Morgan fingerprint density at radius 3 is 2.53 bits per heavy atom. The third kappa shape index (κ3) is 6.68. The molecule has 1 aromatic heterocycles. The van der Waals surface area contributed by atoms with Crippen molar-refractivity contribution < 1.29 is 4.52 Å². The van der Waals surface area contributed by atoms with E-state index >= 15 is 0 Å². The molecule has 0 aliphatic carbocycles. The van der Waals surface area contributed by atoms with Crippen molar-refractivity contribution in [2.24, 2.45) is 5.73 Å². The molecule has 5 nitrogen and oxygen atoms in total. The van der Waals surface area contributed by atoms with Gasteiger partial charge in [-0.15, -0.1) is 0 Å². The molecule has 0 aliphatic rings. The molecule has 0 spiro atoms. The molecule has 0 fully saturated rings. The molecule has 110 valence electrons. The Morgan fingerprint density at radius 2 is 1.84 bits per heavy atom. The lowest BCUT2D eigenvalue weighted by atomic mass is 10.1. The van der Waals surface area contributed by atoms with E-state index in [0.29, 0.717) is 5.82 Å². The van der Waals surface area contributed by atoms with Gasteiger partial charge in [0, 0.05) is 13.0 Å². The largest absolute Gasteiger partial charge is 0.339 e. The van der Waals surface area contributed by atoms with Gasteiger partial charge in [0.1, 0.15) is 0 Å². The van der Waals surface area contributed by atoms with E-state index in [1.54, 1.807) is 0 Å². The van der Waals surface area contributed by atoms with E-state index in [1.165, 1.54) is 32.1 Å². The molecular formula is C14H28N4O. The molecule has 1 aromatic rings. The van der Waals surface area contributed by atoms with Crippen molar-refractivity contribution in [3.8, 4) is 0 Å². The molecule has 19 heavy (non-hydrogen) atoms. The Kier molecular flexibility index (Phi) is 7.67. The SMILES string of the molecule is CCCCCCCCc1nc(C(N)CN(C)C)no1. The van der Waals surface area contributed by atoms with E-state index in [1.807, 2.05) is 19.0 Å². The number of hydrogen-bond acceptors (Lipinski definition) is 5. The minimum absolute atomic E-state index is 0.169. The predicted molar refractivity (Wildman–Crippen MR) is 76.9 cm³/mol. The highest BCUT2D eigenvalue weighted by Gasteiger charge is 2.14. The Balaban J connectivity index is 2.23. The molecule has 0 saturated heterocycles. The van der Waals surface area contributed by atoms with Gasteiger partial charge < -0.3 is 15.2 Å². The first-order valence-corrected chi connectivity index (χ1v) is 7.36. The van der Waals surface area contributed by atoms with Crippen LogP contribution in [0.25, 0.3) is 0 Å². The molecule has 2 N–H and O–H groups in total. The molecule has 1 heterocycles. The van der Waals surface area contributed by atoms with Gasteiger partial charge in [-0.1, -0.05) is 44.2 Å². The van der Waals surface area contributed by atoms with Gasteiger partial charge in [0.15, 0.2) is 5.82 Å². The van der Waals surface area contributed by atoms with Crippen LogP contribution in [0.2, 0.25) is 0 Å². The molecule has 1 unspecified atom stereocenters. The van der Waals surface area contributed by atoms with Gasteiger partial charge in [0.2, 0.25) is 5.89 Å². The second-order valence-corrected chi connectivity index (χ2v) is 5.43. The number of aryl methyl sites for hydroxylation is 1. The maximum atomic E-state index is 5.99. The van der Waals surface area contributed by atoms with Gasteiger partial charge in [-0.25, -0.2) is 0 Å². The fourth-order valence-corrected chi connectivity index (χ4v) is 2.05. The van der Waals surface area contributed by atoms with Crippen molar-refractivity contribution >= 4 is 0 Å². The number of hydrogen-bond donors (Lipinski definition) is 1. The van der Waals surface area contributed by atoms with Crippen molar-refractivity contribution in [3.05, 3.63) is 11.7 Å². The van der Waals surface area contributed by atoms with Gasteiger partial charge in [-0.2, -0.15) is 4.98 Å². The zero-order valence-electron chi connectivity index (χ0n) is 12.6. The van der Waals surface area contributed by atoms with Crippen LogP contribution in [0.5, 0.6) is 0 Å². The van der Waals surface area contributed by atoms with E-state index in [2.05, 4.69) is 17.1 Å². The van der Waals surface area contributed by atoms with E-state index in [9.17, 15) is 0 Å². The average Bonchev–Trinajstić information content (AvgIpc) is 2.81. The van der Waals surface area contributed by atoms with Crippen LogP contribution in [-0.2, 0) is 6.42 Å². The predicted octanol–water partition coefficient (Wildman–Crippen LogP) is 2.53. The average molecular weight is 268 g/mol. The van der Waals surface area contributed by atoms with E-state index in [-0.39, 0.29) is 6.04 Å². The molecule has 0 bridgehead atoms. The van der Waals surface area contributed by atoms with Crippen LogP contribution in [0.4, 0.5) is 0 Å². The highest BCUT2D eigenvalue weighted by Crippen LogP contribution is 2.11. The first kappa shape index (κ1) is 16.1. The van der Waals surface area contributed by atoms with Crippen LogP contribution in [0.15, 0.2) is 4.52 Å². The molecule has 1 atom stereocenters. The number of aromatic nitrogens is 2. The van der Waals surface area contributed by atoms with Gasteiger partial charge >= 0.3 is 0 Å². The molecule has 0 amide bonds. The van der Waals surface area contributed by atoms with Crippen LogP contribution < -0.4 is 5.73 Å². The molecule has 0 aliphatic heterocycles. The van der Waals surface area contributed by atoms with Gasteiger partial charge in [0.05, 0.1) is 6.04 Å². The highest BCUT2D eigenvalue weighted by molar-refractivity contribution is 4.93. The lowest BCUT2D eigenvalue weighted by Gasteiger charge is -2.12. The topological polar surface area (TPSA) is 68.2 Å². The summed E-state index contributed by atoms with van der Waals surface area (Å²) in [6.07, 6.45) is 8.48. The Labute approximate surface area is 116 Å². The summed E-state index contributed by atoms with van der Waals surface area (Å²) in [5.41, 5.74) is 5.99. The number of nitrogens with zero attached hydrogens (tertiary/aromatic N) is 3. The van der Waals surface area contributed by atoms with E-state index in [0.717, 1.165) is 25.3 Å². The zero-order valence-corrected chi connectivity index (χ0v) is 12.6.